The monoisotopic (exact) mass is 355 g/mol. The number of nitrogens with one attached hydrogen (secondary N) is 1. The Bertz CT molecular complexity index is 647. The van der Waals surface area contributed by atoms with Crippen molar-refractivity contribution < 1.29 is 4.74 Å². The van der Waals surface area contributed by atoms with Gasteiger partial charge in [0, 0.05) is 43.3 Å². The molecular formula is C20H29N5O. The third-order valence-electron chi connectivity index (χ3n) is 5.03. The lowest BCUT2D eigenvalue weighted by molar-refractivity contribution is 0.0554. The Hall–Kier alpha value is -2.18. The summed E-state index contributed by atoms with van der Waals surface area (Å²) in [6, 6.07) is 0.737. The van der Waals surface area contributed by atoms with Crippen molar-refractivity contribution in [2.75, 3.05) is 26.3 Å². The Morgan fingerprint density at radius 2 is 1.77 bits per heavy atom. The largest absolute Gasteiger partial charge is 0.380 e. The minimum atomic E-state index is 0.330. The predicted octanol–water partition coefficient (Wildman–Crippen LogP) is 2.13. The van der Waals surface area contributed by atoms with E-state index in [0.717, 1.165) is 74.8 Å². The predicted molar refractivity (Wildman–Crippen MR) is 107 cm³/mol. The molecule has 0 spiro atoms. The number of hydrogen-bond donors (Lipinski definition) is 2. The van der Waals surface area contributed by atoms with Crippen molar-refractivity contribution in [3.8, 4) is 0 Å². The first-order valence-corrected chi connectivity index (χ1v) is 9.37. The molecule has 3 N–H and O–H groups in total. The first kappa shape index (κ1) is 18.6. The van der Waals surface area contributed by atoms with E-state index in [-0.39, 0.29) is 0 Å². The van der Waals surface area contributed by atoms with Crippen LogP contribution in [0.2, 0.25) is 0 Å². The summed E-state index contributed by atoms with van der Waals surface area (Å²) in [5.74, 6) is 0. The van der Waals surface area contributed by atoms with Gasteiger partial charge in [-0.3, -0.25) is 9.98 Å². The number of allylic oxidation sites excluding steroid dienone is 3. The van der Waals surface area contributed by atoms with Gasteiger partial charge in [-0.1, -0.05) is 13.2 Å². The van der Waals surface area contributed by atoms with Gasteiger partial charge in [0.1, 0.15) is 5.71 Å². The van der Waals surface area contributed by atoms with Gasteiger partial charge in [-0.05, 0) is 37.8 Å². The van der Waals surface area contributed by atoms with Crippen molar-refractivity contribution in [1.82, 2.24) is 10.2 Å². The molecule has 0 aromatic rings. The molecule has 0 aromatic carbocycles. The lowest BCUT2D eigenvalue weighted by atomic mass is 9.91. The van der Waals surface area contributed by atoms with Crippen LogP contribution in [0.15, 0.2) is 59.1 Å². The quantitative estimate of drug-likeness (QED) is 0.741. The van der Waals surface area contributed by atoms with Gasteiger partial charge in [-0.2, -0.15) is 0 Å². The van der Waals surface area contributed by atoms with Gasteiger partial charge < -0.3 is 20.7 Å². The van der Waals surface area contributed by atoms with Crippen molar-refractivity contribution in [2.45, 2.75) is 37.8 Å². The Labute approximate surface area is 155 Å². The van der Waals surface area contributed by atoms with Crippen LogP contribution < -0.4 is 11.1 Å². The summed E-state index contributed by atoms with van der Waals surface area (Å²) in [6.07, 6.45) is 11.6. The number of hydrogen-bond acceptors (Lipinski definition) is 6. The van der Waals surface area contributed by atoms with E-state index >= 15 is 0 Å². The number of aliphatic imine (C=N–C) groups is 2. The highest BCUT2D eigenvalue weighted by atomic mass is 16.5. The van der Waals surface area contributed by atoms with Crippen molar-refractivity contribution in [2.24, 2.45) is 15.7 Å². The second-order valence-electron chi connectivity index (χ2n) is 6.84. The molecule has 1 saturated carbocycles. The first-order chi connectivity index (χ1) is 12.7. The summed E-state index contributed by atoms with van der Waals surface area (Å²) in [6.45, 7) is 10.8. The molecule has 1 heterocycles. The van der Waals surface area contributed by atoms with Gasteiger partial charge in [0.2, 0.25) is 0 Å². The Morgan fingerprint density at radius 1 is 1.08 bits per heavy atom. The van der Waals surface area contributed by atoms with Crippen LogP contribution in [0.4, 0.5) is 0 Å². The van der Waals surface area contributed by atoms with Gasteiger partial charge >= 0.3 is 0 Å². The van der Waals surface area contributed by atoms with Crippen LogP contribution in [0.25, 0.3) is 0 Å². The highest BCUT2D eigenvalue weighted by molar-refractivity contribution is 6.53. The molecule has 6 nitrogen and oxygen atoms in total. The smallest absolute Gasteiger partial charge is 0.112 e. The van der Waals surface area contributed by atoms with Crippen LogP contribution >= 0.6 is 0 Å². The summed E-state index contributed by atoms with van der Waals surface area (Å²) < 4.78 is 5.48. The molecule has 2 aliphatic carbocycles. The van der Waals surface area contributed by atoms with Gasteiger partial charge in [-0.15, -0.1) is 0 Å². The topological polar surface area (TPSA) is 75.2 Å². The molecule has 0 radical (unpaired) electrons. The average molecular weight is 355 g/mol. The van der Waals surface area contributed by atoms with E-state index in [2.05, 4.69) is 45.5 Å². The molecular weight excluding hydrogens is 326 g/mol. The number of nitrogens with two attached hydrogens (primary N) is 1. The van der Waals surface area contributed by atoms with Crippen LogP contribution in [0.5, 0.6) is 0 Å². The maximum Gasteiger partial charge on any atom is 0.112 e. The van der Waals surface area contributed by atoms with Gasteiger partial charge in [0.15, 0.2) is 0 Å². The zero-order chi connectivity index (χ0) is 18.4. The molecule has 0 amide bonds. The number of ether oxygens (including phenoxy) is 1. The second kappa shape index (κ2) is 8.96. The summed E-state index contributed by atoms with van der Waals surface area (Å²) in [7, 11) is 0. The Kier molecular flexibility index (Phi) is 6.41. The molecule has 0 atom stereocenters. The Morgan fingerprint density at radius 3 is 2.42 bits per heavy atom. The molecule has 0 bridgehead atoms. The zero-order valence-electron chi connectivity index (χ0n) is 15.4. The molecule has 2 fully saturated rings. The highest BCUT2D eigenvalue weighted by Crippen LogP contribution is 2.22. The lowest BCUT2D eigenvalue weighted by Gasteiger charge is -2.34. The summed E-state index contributed by atoms with van der Waals surface area (Å²) >= 11 is 0. The van der Waals surface area contributed by atoms with Crippen LogP contribution in [0, 0.1) is 0 Å². The van der Waals surface area contributed by atoms with Crippen LogP contribution in [0.1, 0.15) is 25.7 Å². The second-order valence-corrected chi connectivity index (χ2v) is 6.84. The molecule has 0 aromatic heterocycles. The number of rotatable bonds is 5. The molecule has 26 heavy (non-hydrogen) atoms. The number of nitrogens with zero attached hydrogens (tertiary/aromatic N) is 3. The van der Waals surface area contributed by atoms with E-state index in [1.165, 1.54) is 0 Å². The van der Waals surface area contributed by atoms with E-state index in [1.54, 1.807) is 12.4 Å². The maximum atomic E-state index is 6.05. The molecule has 6 heteroatoms. The number of morpholine rings is 1. The van der Waals surface area contributed by atoms with E-state index < -0.39 is 0 Å². The van der Waals surface area contributed by atoms with Crippen molar-refractivity contribution in [1.29, 1.82) is 0 Å². The Balaban J connectivity index is 1.87. The van der Waals surface area contributed by atoms with Crippen molar-refractivity contribution in [3.05, 3.63) is 49.1 Å². The third kappa shape index (κ3) is 4.51. The first-order valence-electron chi connectivity index (χ1n) is 9.37. The SMILES string of the molecule is C=C/N=C1/C=C(N2CCOCC2)C=C(N[C@H]2CC[C@@H](N)CC2)/C1=N/C=C. The summed E-state index contributed by atoms with van der Waals surface area (Å²) in [5.41, 5.74) is 9.79. The fourth-order valence-corrected chi connectivity index (χ4v) is 3.63. The third-order valence-corrected chi connectivity index (χ3v) is 5.03. The van der Waals surface area contributed by atoms with E-state index in [0.29, 0.717) is 12.1 Å². The maximum absolute atomic E-state index is 6.05. The summed E-state index contributed by atoms with van der Waals surface area (Å²) in [4.78, 5) is 11.3. The fourth-order valence-electron chi connectivity index (χ4n) is 3.63. The van der Waals surface area contributed by atoms with Crippen molar-refractivity contribution >= 4 is 11.4 Å². The summed E-state index contributed by atoms with van der Waals surface area (Å²) in [5, 5.41) is 3.68. The molecule has 3 aliphatic rings. The van der Waals surface area contributed by atoms with Crippen LogP contribution in [-0.4, -0.2) is 54.7 Å². The van der Waals surface area contributed by atoms with E-state index in [4.69, 9.17) is 10.5 Å². The lowest BCUT2D eigenvalue weighted by Crippen LogP contribution is -2.42. The van der Waals surface area contributed by atoms with Gasteiger partial charge in [0.05, 0.1) is 24.6 Å². The molecule has 1 saturated heterocycles. The fraction of sp³-hybridized carbons (Fsp3) is 0.500. The standard InChI is InChI=1S/C20H29N5O/c1-3-22-18-13-17(25-9-11-26-12-10-25)14-19(20(18)23-4-2)24-16-7-5-15(21)6-8-16/h3-4,13-16,24H,1-2,5-12,21H2/b22-18-,23-20+/t15-,16+. The van der Waals surface area contributed by atoms with Crippen molar-refractivity contribution in [3.63, 3.8) is 0 Å². The van der Waals surface area contributed by atoms with Crippen LogP contribution in [0.3, 0.4) is 0 Å². The van der Waals surface area contributed by atoms with Crippen LogP contribution in [-0.2, 0) is 4.74 Å². The van der Waals surface area contributed by atoms with Gasteiger partial charge in [0.25, 0.3) is 0 Å². The molecule has 1 aliphatic heterocycles. The van der Waals surface area contributed by atoms with E-state index in [1.807, 2.05) is 0 Å². The highest BCUT2D eigenvalue weighted by Gasteiger charge is 2.26. The minimum absolute atomic E-state index is 0.330. The van der Waals surface area contributed by atoms with E-state index in [9.17, 15) is 0 Å². The molecule has 3 rings (SSSR count). The molecule has 140 valence electrons. The molecule has 0 unspecified atom stereocenters. The van der Waals surface area contributed by atoms with Gasteiger partial charge in [-0.25, -0.2) is 0 Å². The normalized spacial score (nSPS) is 30.0. The average Bonchev–Trinajstić information content (AvgIpc) is 2.67. The zero-order valence-corrected chi connectivity index (χ0v) is 15.4. The minimum Gasteiger partial charge on any atom is -0.380 e.